The number of nitrogens with one attached hydrogen (secondary N) is 1. The van der Waals surface area contributed by atoms with Crippen LogP contribution in [-0.4, -0.2) is 28.5 Å². The van der Waals surface area contributed by atoms with Crippen LogP contribution >= 0.6 is 11.6 Å². The third-order valence-electron chi connectivity index (χ3n) is 2.68. The minimum atomic E-state index is -1.15. The van der Waals surface area contributed by atoms with E-state index in [9.17, 15) is 9.59 Å². The Labute approximate surface area is 132 Å². The highest BCUT2D eigenvalue weighted by Gasteiger charge is 2.13. The lowest BCUT2D eigenvalue weighted by atomic mass is 10.0. The number of halogens is 1. The zero-order valence-electron chi connectivity index (χ0n) is 11.3. The van der Waals surface area contributed by atoms with E-state index in [0.717, 1.165) is 0 Å². The number of nitrogens with zero attached hydrogens (tertiary/aromatic N) is 1. The predicted molar refractivity (Wildman–Crippen MR) is 82.0 cm³/mol. The lowest BCUT2D eigenvalue weighted by Crippen LogP contribution is -2.20. The summed E-state index contributed by atoms with van der Waals surface area (Å²) in [6.45, 7) is -0.0206. The molecule has 2 N–H and O–H groups in total. The van der Waals surface area contributed by atoms with Crippen LogP contribution in [0, 0.1) is 11.8 Å². The van der Waals surface area contributed by atoms with Crippen molar-refractivity contribution in [2.75, 3.05) is 6.54 Å². The summed E-state index contributed by atoms with van der Waals surface area (Å²) in [6.07, 6.45) is 0.308. The molecule has 110 valence electrons. The van der Waals surface area contributed by atoms with Gasteiger partial charge in [0.15, 0.2) is 0 Å². The molecule has 0 atom stereocenters. The number of amides is 1. The summed E-state index contributed by atoms with van der Waals surface area (Å²) < 4.78 is 0. The fraction of sp³-hybridized carbons (Fsp3) is 0.0625. The first-order chi connectivity index (χ1) is 10.6. The van der Waals surface area contributed by atoms with Crippen LogP contribution in [0.5, 0.6) is 0 Å². The van der Waals surface area contributed by atoms with Crippen molar-refractivity contribution < 1.29 is 14.7 Å². The second-order valence-corrected chi connectivity index (χ2v) is 4.63. The van der Waals surface area contributed by atoms with Gasteiger partial charge in [0.2, 0.25) is 5.78 Å². The van der Waals surface area contributed by atoms with Gasteiger partial charge in [-0.05, 0) is 24.3 Å². The predicted octanol–water partition coefficient (Wildman–Crippen LogP) is 2.59. The van der Waals surface area contributed by atoms with Crippen molar-refractivity contribution in [2.45, 2.75) is 0 Å². The van der Waals surface area contributed by atoms with Crippen molar-refractivity contribution in [1.82, 2.24) is 10.3 Å². The van der Waals surface area contributed by atoms with Gasteiger partial charge in [-0.15, -0.1) is 0 Å². The number of hydrogen-bond acceptors (Lipinski definition) is 3. The van der Waals surface area contributed by atoms with E-state index in [1.54, 1.807) is 30.3 Å². The van der Waals surface area contributed by atoms with Gasteiger partial charge in [-0.3, -0.25) is 9.78 Å². The Kier molecular flexibility index (Phi) is 5.12. The van der Waals surface area contributed by atoms with Gasteiger partial charge in [0, 0.05) is 22.3 Å². The first kappa shape index (κ1) is 15.5. The molecular weight excluding hydrogens is 304 g/mol. The summed E-state index contributed by atoms with van der Waals surface area (Å²) in [5, 5.41) is 11.0. The number of aromatic nitrogens is 1. The van der Waals surface area contributed by atoms with Gasteiger partial charge in [0.05, 0.1) is 6.54 Å². The maximum Gasteiger partial charge on any atom is 0.405 e. The standard InChI is InChI=1S/C16H11ClN2O3/c17-12-7-9-18-14(10-12)15(20)13-6-2-1-4-11(13)5-3-8-19-16(21)22/h1-2,4,6-7,9-10,19H,8H2,(H,21,22). The van der Waals surface area contributed by atoms with Crippen molar-refractivity contribution in [2.24, 2.45) is 0 Å². The molecule has 2 aromatic rings. The lowest BCUT2D eigenvalue weighted by Gasteiger charge is -2.03. The molecule has 22 heavy (non-hydrogen) atoms. The monoisotopic (exact) mass is 314 g/mol. The molecule has 0 bridgehead atoms. The van der Waals surface area contributed by atoms with E-state index >= 15 is 0 Å². The minimum absolute atomic E-state index is 0.0206. The highest BCUT2D eigenvalue weighted by molar-refractivity contribution is 6.31. The molecule has 5 nitrogen and oxygen atoms in total. The summed E-state index contributed by atoms with van der Waals surface area (Å²) in [5.74, 6) is 5.13. The van der Waals surface area contributed by atoms with E-state index in [1.165, 1.54) is 12.3 Å². The molecular formula is C16H11ClN2O3. The number of carbonyl (C=O) groups is 2. The van der Waals surface area contributed by atoms with Crippen LogP contribution in [-0.2, 0) is 0 Å². The highest BCUT2D eigenvalue weighted by Crippen LogP contribution is 2.15. The number of hydrogen-bond donors (Lipinski definition) is 2. The van der Waals surface area contributed by atoms with E-state index in [0.29, 0.717) is 16.1 Å². The van der Waals surface area contributed by atoms with Gasteiger partial charge in [0.1, 0.15) is 5.69 Å². The Morgan fingerprint density at radius 2 is 2.05 bits per heavy atom. The summed E-state index contributed by atoms with van der Waals surface area (Å²) in [7, 11) is 0. The van der Waals surface area contributed by atoms with Crippen molar-refractivity contribution in [3.05, 3.63) is 64.4 Å². The molecule has 0 aliphatic rings. The summed E-state index contributed by atoms with van der Waals surface area (Å²) in [4.78, 5) is 26.8. The molecule has 6 heteroatoms. The second kappa shape index (κ2) is 7.25. The van der Waals surface area contributed by atoms with Crippen LogP contribution in [0.3, 0.4) is 0 Å². The van der Waals surface area contributed by atoms with Crippen LogP contribution in [0.25, 0.3) is 0 Å². The van der Waals surface area contributed by atoms with E-state index in [4.69, 9.17) is 16.7 Å². The van der Waals surface area contributed by atoms with Gasteiger partial charge in [-0.1, -0.05) is 35.6 Å². The molecule has 1 aromatic carbocycles. The summed E-state index contributed by atoms with van der Waals surface area (Å²) >= 11 is 5.86. The fourth-order valence-corrected chi connectivity index (χ4v) is 1.88. The Balaban J connectivity index is 2.28. The molecule has 2 rings (SSSR count). The smallest absolute Gasteiger partial charge is 0.405 e. The molecule has 0 radical (unpaired) electrons. The molecule has 0 aliphatic carbocycles. The summed E-state index contributed by atoms with van der Waals surface area (Å²) in [6, 6.07) is 9.86. The number of carboxylic acid groups (broad SMARTS) is 1. The van der Waals surface area contributed by atoms with Gasteiger partial charge >= 0.3 is 6.09 Å². The molecule has 1 heterocycles. The number of ketones is 1. The average molecular weight is 315 g/mol. The van der Waals surface area contributed by atoms with Gasteiger partial charge in [0.25, 0.3) is 0 Å². The quantitative estimate of drug-likeness (QED) is 0.674. The van der Waals surface area contributed by atoms with Crippen LogP contribution in [0.1, 0.15) is 21.6 Å². The van der Waals surface area contributed by atoms with Crippen molar-refractivity contribution >= 4 is 23.5 Å². The largest absolute Gasteiger partial charge is 0.465 e. The van der Waals surface area contributed by atoms with E-state index < -0.39 is 6.09 Å². The maximum atomic E-state index is 12.5. The minimum Gasteiger partial charge on any atom is -0.465 e. The van der Waals surface area contributed by atoms with Crippen molar-refractivity contribution in [3.8, 4) is 11.8 Å². The van der Waals surface area contributed by atoms with Crippen LogP contribution in [0.4, 0.5) is 4.79 Å². The van der Waals surface area contributed by atoms with Gasteiger partial charge < -0.3 is 10.4 Å². The molecule has 1 aromatic heterocycles. The average Bonchev–Trinajstić information content (AvgIpc) is 2.51. The van der Waals surface area contributed by atoms with Crippen molar-refractivity contribution in [1.29, 1.82) is 0 Å². The molecule has 0 saturated carbocycles. The van der Waals surface area contributed by atoms with Crippen LogP contribution in [0.15, 0.2) is 42.6 Å². The SMILES string of the molecule is O=C(O)NCC#Cc1ccccc1C(=O)c1cc(Cl)ccn1. The normalized spacial score (nSPS) is 9.50. The molecule has 0 saturated heterocycles. The molecule has 1 amide bonds. The first-order valence-corrected chi connectivity index (χ1v) is 6.66. The third kappa shape index (κ3) is 4.08. The molecule has 0 fully saturated rings. The Hall–Kier alpha value is -2.84. The first-order valence-electron chi connectivity index (χ1n) is 6.29. The maximum absolute atomic E-state index is 12.5. The second-order valence-electron chi connectivity index (χ2n) is 4.19. The Bertz CT molecular complexity index is 778. The van der Waals surface area contributed by atoms with Crippen LogP contribution < -0.4 is 5.32 Å². The highest BCUT2D eigenvalue weighted by atomic mass is 35.5. The number of carbonyl (C=O) groups excluding carboxylic acids is 1. The van der Waals surface area contributed by atoms with E-state index in [-0.39, 0.29) is 18.0 Å². The Morgan fingerprint density at radius 1 is 1.27 bits per heavy atom. The number of benzene rings is 1. The number of rotatable bonds is 3. The van der Waals surface area contributed by atoms with E-state index in [1.807, 2.05) is 0 Å². The zero-order valence-corrected chi connectivity index (χ0v) is 12.1. The van der Waals surface area contributed by atoms with E-state index in [2.05, 4.69) is 22.1 Å². The lowest BCUT2D eigenvalue weighted by molar-refractivity contribution is 0.103. The Morgan fingerprint density at radius 3 is 2.77 bits per heavy atom. The van der Waals surface area contributed by atoms with Crippen LogP contribution in [0.2, 0.25) is 5.02 Å². The van der Waals surface area contributed by atoms with Gasteiger partial charge in [-0.25, -0.2) is 4.79 Å². The topological polar surface area (TPSA) is 79.3 Å². The number of pyridine rings is 1. The fourth-order valence-electron chi connectivity index (χ4n) is 1.72. The third-order valence-corrected chi connectivity index (χ3v) is 2.91. The zero-order chi connectivity index (χ0) is 15.9. The molecule has 0 aliphatic heterocycles. The van der Waals surface area contributed by atoms with Gasteiger partial charge in [-0.2, -0.15) is 0 Å². The molecule has 0 unspecified atom stereocenters. The van der Waals surface area contributed by atoms with Crippen molar-refractivity contribution in [3.63, 3.8) is 0 Å². The molecule has 0 spiro atoms. The summed E-state index contributed by atoms with van der Waals surface area (Å²) in [5.41, 5.74) is 1.12.